The minimum atomic E-state index is -0.357. The lowest BCUT2D eigenvalue weighted by atomic mass is 9.87. The second kappa shape index (κ2) is 5.98. The number of rotatable bonds is 3. The lowest BCUT2D eigenvalue weighted by Gasteiger charge is -2.25. The number of anilines is 1. The Morgan fingerprint density at radius 3 is 2.72 bits per heavy atom. The molecule has 0 bridgehead atoms. The Labute approximate surface area is 144 Å². The lowest BCUT2D eigenvalue weighted by Crippen LogP contribution is -2.27. The standard InChI is InChI=1S/C18H21N3O4/c1-25-14-8-10(6-7-13(14)22)12-9-15(23)19-17-16(12)18(24)20-21(17)11-4-2-3-5-11/h6-8,11-12,22H,2-5,9H2,1H3,(H,19,23)(H,20,24). The van der Waals surface area contributed by atoms with Crippen LogP contribution in [-0.4, -0.2) is 27.9 Å². The fraction of sp³-hybridized carbons (Fsp3) is 0.444. The summed E-state index contributed by atoms with van der Waals surface area (Å²) in [6.45, 7) is 0. The van der Waals surface area contributed by atoms with E-state index in [9.17, 15) is 14.7 Å². The van der Waals surface area contributed by atoms with Gasteiger partial charge in [0.05, 0.1) is 18.7 Å². The summed E-state index contributed by atoms with van der Waals surface area (Å²) in [6.07, 6.45) is 4.46. The van der Waals surface area contributed by atoms with Gasteiger partial charge in [0.25, 0.3) is 5.56 Å². The highest BCUT2D eigenvalue weighted by atomic mass is 16.5. The number of H-pyrrole nitrogens is 1. The molecule has 0 saturated heterocycles. The van der Waals surface area contributed by atoms with Crippen molar-refractivity contribution in [3.63, 3.8) is 0 Å². The monoisotopic (exact) mass is 343 g/mol. The van der Waals surface area contributed by atoms with E-state index in [-0.39, 0.29) is 35.6 Å². The second-order valence-electron chi connectivity index (χ2n) is 6.75. The maximum Gasteiger partial charge on any atom is 0.270 e. The van der Waals surface area contributed by atoms with Gasteiger partial charge in [-0.25, -0.2) is 0 Å². The van der Waals surface area contributed by atoms with Gasteiger partial charge in [0, 0.05) is 12.3 Å². The molecule has 1 aliphatic heterocycles. The molecule has 1 fully saturated rings. The zero-order chi connectivity index (χ0) is 17.6. The summed E-state index contributed by atoms with van der Waals surface area (Å²) in [5.74, 6) is 0.478. The molecule has 1 amide bonds. The van der Waals surface area contributed by atoms with Gasteiger partial charge in [0.1, 0.15) is 5.82 Å². The number of aromatic hydroxyl groups is 1. The Balaban J connectivity index is 1.82. The molecule has 1 aliphatic carbocycles. The smallest absolute Gasteiger partial charge is 0.270 e. The first kappa shape index (κ1) is 15.8. The third kappa shape index (κ3) is 2.59. The van der Waals surface area contributed by atoms with Crippen LogP contribution in [0.5, 0.6) is 11.5 Å². The number of carbonyl (C=O) groups excluding carboxylic acids is 1. The van der Waals surface area contributed by atoms with Gasteiger partial charge in [-0.05, 0) is 30.5 Å². The number of carbonyl (C=O) groups is 1. The average molecular weight is 343 g/mol. The van der Waals surface area contributed by atoms with Crippen molar-refractivity contribution in [3.8, 4) is 11.5 Å². The molecule has 1 aromatic carbocycles. The molecule has 4 rings (SSSR count). The van der Waals surface area contributed by atoms with Crippen molar-refractivity contribution in [1.29, 1.82) is 0 Å². The lowest BCUT2D eigenvalue weighted by molar-refractivity contribution is -0.116. The van der Waals surface area contributed by atoms with E-state index in [1.54, 1.807) is 12.1 Å². The summed E-state index contributed by atoms with van der Waals surface area (Å²) in [5.41, 5.74) is 1.19. The molecule has 1 saturated carbocycles. The third-order valence-corrected chi connectivity index (χ3v) is 5.25. The number of phenols is 1. The number of ether oxygens (including phenoxy) is 1. The highest BCUT2D eigenvalue weighted by Gasteiger charge is 2.34. The topological polar surface area (TPSA) is 96.4 Å². The molecule has 0 radical (unpaired) electrons. The molecular weight excluding hydrogens is 322 g/mol. The van der Waals surface area contributed by atoms with E-state index in [1.165, 1.54) is 13.2 Å². The van der Waals surface area contributed by atoms with E-state index in [1.807, 2.05) is 4.68 Å². The van der Waals surface area contributed by atoms with Gasteiger partial charge in [-0.3, -0.25) is 19.4 Å². The predicted octanol–water partition coefficient (Wildman–Crippen LogP) is 2.48. The van der Waals surface area contributed by atoms with Crippen molar-refractivity contribution < 1.29 is 14.6 Å². The Kier molecular flexibility index (Phi) is 3.78. The van der Waals surface area contributed by atoms with E-state index in [0.717, 1.165) is 31.2 Å². The first-order valence-electron chi connectivity index (χ1n) is 8.59. The summed E-state index contributed by atoms with van der Waals surface area (Å²) in [7, 11) is 1.47. The molecule has 7 heteroatoms. The highest BCUT2D eigenvalue weighted by Crippen LogP contribution is 2.40. The van der Waals surface area contributed by atoms with Crippen molar-refractivity contribution in [1.82, 2.24) is 9.78 Å². The zero-order valence-electron chi connectivity index (χ0n) is 14.0. The van der Waals surface area contributed by atoms with Crippen LogP contribution in [-0.2, 0) is 4.79 Å². The number of phenolic OH excluding ortho intramolecular Hbond substituents is 1. The molecule has 2 aromatic rings. The fourth-order valence-corrected chi connectivity index (χ4v) is 4.02. The number of aromatic nitrogens is 2. The van der Waals surface area contributed by atoms with Crippen molar-refractivity contribution in [3.05, 3.63) is 39.7 Å². The Morgan fingerprint density at radius 2 is 2.00 bits per heavy atom. The summed E-state index contributed by atoms with van der Waals surface area (Å²) in [6, 6.07) is 5.18. The second-order valence-corrected chi connectivity index (χ2v) is 6.75. The fourth-order valence-electron chi connectivity index (χ4n) is 4.02. The largest absolute Gasteiger partial charge is 0.504 e. The van der Waals surface area contributed by atoms with Crippen LogP contribution in [0.1, 0.15) is 55.2 Å². The minimum absolute atomic E-state index is 0.0316. The molecule has 1 aromatic heterocycles. The van der Waals surface area contributed by atoms with Crippen molar-refractivity contribution in [2.24, 2.45) is 0 Å². The molecule has 25 heavy (non-hydrogen) atoms. The predicted molar refractivity (Wildman–Crippen MR) is 92.3 cm³/mol. The normalized spacial score (nSPS) is 20.4. The van der Waals surface area contributed by atoms with E-state index in [0.29, 0.717) is 17.1 Å². The summed E-state index contributed by atoms with van der Waals surface area (Å²) in [5, 5.41) is 15.6. The number of aromatic amines is 1. The highest BCUT2D eigenvalue weighted by molar-refractivity contribution is 5.94. The summed E-state index contributed by atoms with van der Waals surface area (Å²) < 4.78 is 7.01. The summed E-state index contributed by atoms with van der Waals surface area (Å²) in [4.78, 5) is 24.9. The average Bonchev–Trinajstić information content (AvgIpc) is 3.23. The Bertz CT molecular complexity index is 877. The quantitative estimate of drug-likeness (QED) is 0.798. The first-order chi connectivity index (χ1) is 12.1. The molecule has 2 heterocycles. The molecule has 132 valence electrons. The molecule has 1 atom stereocenters. The van der Waals surface area contributed by atoms with Crippen LogP contribution in [0.25, 0.3) is 0 Å². The maximum absolute atomic E-state index is 12.6. The van der Waals surface area contributed by atoms with Crippen LogP contribution >= 0.6 is 0 Å². The molecule has 1 unspecified atom stereocenters. The van der Waals surface area contributed by atoms with E-state index < -0.39 is 0 Å². The SMILES string of the molecule is COc1cc(C2CC(=O)Nc3c2c(=O)[nH]n3C2CCCC2)ccc1O. The zero-order valence-corrected chi connectivity index (χ0v) is 14.0. The molecule has 7 nitrogen and oxygen atoms in total. The van der Waals surface area contributed by atoms with Gasteiger partial charge in [0.2, 0.25) is 5.91 Å². The van der Waals surface area contributed by atoms with E-state index in [2.05, 4.69) is 10.4 Å². The number of hydrogen-bond donors (Lipinski definition) is 3. The van der Waals surface area contributed by atoms with Crippen LogP contribution < -0.4 is 15.6 Å². The number of fused-ring (bicyclic) bond motifs is 1. The number of nitrogens with one attached hydrogen (secondary N) is 2. The van der Waals surface area contributed by atoms with Gasteiger partial charge >= 0.3 is 0 Å². The molecule has 0 spiro atoms. The van der Waals surface area contributed by atoms with Crippen LogP contribution in [0, 0.1) is 0 Å². The Hall–Kier alpha value is -2.70. The molecule has 2 aliphatic rings. The van der Waals surface area contributed by atoms with Crippen LogP contribution in [0.3, 0.4) is 0 Å². The van der Waals surface area contributed by atoms with Gasteiger partial charge in [-0.2, -0.15) is 0 Å². The van der Waals surface area contributed by atoms with E-state index in [4.69, 9.17) is 4.74 Å². The van der Waals surface area contributed by atoms with Gasteiger partial charge in [-0.15, -0.1) is 0 Å². The number of methoxy groups -OCH3 is 1. The van der Waals surface area contributed by atoms with Gasteiger partial charge in [0.15, 0.2) is 11.5 Å². The number of benzene rings is 1. The minimum Gasteiger partial charge on any atom is -0.504 e. The van der Waals surface area contributed by atoms with Gasteiger partial charge < -0.3 is 15.2 Å². The van der Waals surface area contributed by atoms with Crippen LogP contribution in [0.2, 0.25) is 0 Å². The summed E-state index contributed by atoms with van der Waals surface area (Å²) >= 11 is 0. The van der Waals surface area contributed by atoms with Crippen LogP contribution in [0.15, 0.2) is 23.0 Å². The molecular formula is C18H21N3O4. The van der Waals surface area contributed by atoms with E-state index >= 15 is 0 Å². The van der Waals surface area contributed by atoms with Crippen molar-refractivity contribution >= 4 is 11.7 Å². The third-order valence-electron chi connectivity index (χ3n) is 5.25. The van der Waals surface area contributed by atoms with Crippen molar-refractivity contribution in [2.75, 3.05) is 12.4 Å². The van der Waals surface area contributed by atoms with Gasteiger partial charge in [-0.1, -0.05) is 18.9 Å². The molecule has 3 N–H and O–H groups in total. The number of nitrogens with zero attached hydrogens (tertiary/aromatic N) is 1. The van der Waals surface area contributed by atoms with Crippen molar-refractivity contribution in [2.45, 2.75) is 44.1 Å². The maximum atomic E-state index is 12.6. The van der Waals surface area contributed by atoms with Crippen LogP contribution in [0.4, 0.5) is 5.82 Å². The first-order valence-corrected chi connectivity index (χ1v) is 8.59. The number of hydrogen-bond acceptors (Lipinski definition) is 4. The number of amides is 1. The Morgan fingerprint density at radius 1 is 1.24 bits per heavy atom.